The molecule has 0 aliphatic heterocycles. The third-order valence-corrected chi connectivity index (χ3v) is 9.70. The van der Waals surface area contributed by atoms with E-state index >= 15 is 0 Å². The van der Waals surface area contributed by atoms with Gasteiger partial charge in [-0.15, -0.1) is 0 Å². The summed E-state index contributed by atoms with van der Waals surface area (Å²) in [5, 5.41) is 6.18. The van der Waals surface area contributed by atoms with Crippen molar-refractivity contribution < 1.29 is 36.6 Å². The van der Waals surface area contributed by atoms with Crippen LogP contribution in [-0.2, 0) is 4.79 Å². The maximum atomic E-state index is 14.8. The molecule has 2 N–H and O–H groups in total. The summed E-state index contributed by atoms with van der Waals surface area (Å²) in [6.07, 6.45) is 1.49. The van der Waals surface area contributed by atoms with Crippen LogP contribution in [0.5, 0.6) is 11.5 Å². The molecule has 0 saturated heterocycles. The molecule has 4 aliphatic rings. The van der Waals surface area contributed by atoms with Crippen LogP contribution in [0.15, 0.2) is 12.1 Å². The van der Waals surface area contributed by atoms with E-state index in [9.17, 15) is 27.2 Å². The summed E-state index contributed by atoms with van der Waals surface area (Å²) < 4.78 is 64.9. The molecule has 4 aliphatic carbocycles. The minimum atomic E-state index is -4.24. The second kappa shape index (κ2) is 10.8. The first kappa shape index (κ1) is 28.0. The van der Waals surface area contributed by atoms with Crippen molar-refractivity contribution in [2.75, 3.05) is 13.7 Å². The number of nitrogens with one attached hydrogen (secondary N) is 2. The van der Waals surface area contributed by atoms with Crippen molar-refractivity contribution in [3.05, 3.63) is 23.5 Å². The van der Waals surface area contributed by atoms with Crippen LogP contribution < -0.4 is 20.1 Å². The summed E-state index contributed by atoms with van der Waals surface area (Å²) >= 11 is 0. The molecule has 4 fully saturated rings. The van der Waals surface area contributed by atoms with Crippen LogP contribution in [0, 0.1) is 34.9 Å². The van der Waals surface area contributed by atoms with Crippen LogP contribution in [0.1, 0.15) is 81.5 Å². The minimum absolute atomic E-state index is 0.0230. The van der Waals surface area contributed by atoms with Gasteiger partial charge in [-0.2, -0.15) is 13.2 Å². The Morgan fingerprint density at radius 2 is 1.72 bits per heavy atom. The summed E-state index contributed by atoms with van der Waals surface area (Å²) in [6.45, 7) is 2.82. The number of amides is 2. The first-order valence-corrected chi connectivity index (χ1v) is 14.2. The number of fused-ring (bicyclic) bond motifs is 2. The number of ether oxygens (including phenoxy) is 2. The molecule has 0 radical (unpaired) electrons. The summed E-state index contributed by atoms with van der Waals surface area (Å²) in [4.78, 5) is 26.7. The Hall–Kier alpha value is -2.52. The number of rotatable bonds is 8. The van der Waals surface area contributed by atoms with Crippen molar-refractivity contribution >= 4 is 11.8 Å². The van der Waals surface area contributed by atoms with E-state index in [0.717, 1.165) is 38.2 Å². The summed E-state index contributed by atoms with van der Waals surface area (Å²) in [7, 11) is 1.33. The maximum absolute atomic E-state index is 14.8. The van der Waals surface area contributed by atoms with Crippen LogP contribution >= 0.6 is 0 Å². The third kappa shape index (κ3) is 5.85. The fraction of sp³-hybridized carbons (Fsp3) is 0.724. The van der Waals surface area contributed by atoms with Crippen molar-refractivity contribution in [3.63, 3.8) is 0 Å². The maximum Gasteiger partial charge on any atom is 0.391 e. The molecule has 0 aromatic heterocycles. The van der Waals surface area contributed by atoms with E-state index in [1.807, 2.05) is 0 Å². The molecular weight excluding hydrogens is 516 g/mol. The first-order chi connectivity index (χ1) is 18.5. The zero-order valence-corrected chi connectivity index (χ0v) is 22.5. The number of halogens is 4. The predicted molar refractivity (Wildman–Crippen MR) is 136 cm³/mol. The van der Waals surface area contributed by atoms with Gasteiger partial charge in [0.1, 0.15) is 5.75 Å². The van der Waals surface area contributed by atoms with E-state index < -0.39 is 29.9 Å². The van der Waals surface area contributed by atoms with Gasteiger partial charge in [0.15, 0.2) is 11.6 Å². The second-order valence-corrected chi connectivity index (χ2v) is 12.4. The van der Waals surface area contributed by atoms with Crippen LogP contribution in [0.25, 0.3) is 0 Å². The van der Waals surface area contributed by atoms with Crippen LogP contribution in [0.3, 0.4) is 0 Å². The molecule has 0 unspecified atom stereocenters. The van der Waals surface area contributed by atoms with Gasteiger partial charge in [-0.3, -0.25) is 9.59 Å². The van der Waals surface area contributed by atoms with E-state index in [2.05, 4.69) is 17.6 Å². The Bertz CT molecular complexity index is 1080. The van der Waals surface area contributed by atoms with Crippen LogP contribution in [0.2, 0.25) is 0 Å². The molecule has 10 heteroatoms. The molecule has 39 heavy (non-hydrogen) atoms. The standard InChI is InChI=1S/C29H38F4N2O4/c1-28(10-3-11-28)15-34-27(37)24-16-4-5-17(12-16)25(24)35-26(36)20-13-23(21(30)14-22(20)38-2)39-19-8-6-18(7-9-19)29(31,32)33/h13-14,16-19,24-25H,3-12,15H2,1-2H3,(H,34,37)(H,35,36)/t16-,17+,18?,19?,24+,25-/m1/s1. The molecule has 1 aromatic rings. The Morgan fingerprint density at radius 3 is 2.33 bits per heavy atom. The molecular formula is C29H38F4N2O4. The molecule has 1 aromatic carbocycles. The molecule has 6 nitrogen and oxygen atoms in total. The normalized spacial score (nSPS) is 31.3. The van der Waals surface area contributed by atoms with Gasteiger partial charge in [0.05, 0.1) is 30.6 Å². The van der Waals surface area contributed by atoms with Crippen molar-refractivity contribution in [1.82, 2.24) is 10.6 Å². The fourth-order valence-electron chi connectivity index (χ4n) is 7.14. The average Bonchev–Trinajstić information content (AvgIpc) is 3.49. The lowest BCUT2D eigenvalue weighted by Gasteiger charge is -2.39. The highest BCUT2D eigenvalue weighted by Crippen LogP contribution is 2.49. The summed E-state index contributed by atoms with van der Waals surface area (Å²) in [5.74, 6) is -2.69. The number of alkyl halides is 3. The monoisotopic (exact) mass is 554 g/mol. The third-order valence-electron chi connectivity index (χ3n) is 9.70. The quantitative estimate of drug-likeness (QED) is 0.399. The van der Waals surface area contributed by atoms with E-state index in [1.54, 1.807) is 0 Å². The Morgan fingerprint density at radius 1 is 1.03 bits per heavy atom. The lowest BCUT2D eigenvalue weighted by molar-refractivity contribution is -0.185. The number of carbonyl (C=O) groups excluding carboxylic acids is 2. The van der Waals surface area contributed by atoms with E-state index in [-0.39, 0.29) is 77.9 Å². The molecule has 0 spiro atoms. The number of hydrogen-bond acceptors (Lipinski definition) is 4. The highest BCUT2D eigenvalue weighted by molar-refractivity contribution is 5.98. The molecule has 216 valence electrons. The van der Waals surface area contributed by atoms with Gasteiger partial charge >= 0.3 is 6.18 Å². The zero-order chi connectivity index (χ0) is 27.9. The van der Waals surface area contributed by atoms with Gasteiger partial charge in [-0.1, -0.05) is 13.3 Å². The lowest BCUT2D eigenvalue weighted by atomic mass is 9.70. The first-order valence-electron chi connectivity index (χ1n) is 14.2. The average molecular weight is 555 g/mol. The Labute approximate surface area is 226 Å². The van der Waals surface area contributed by atoms with Crippen molar-refractivity contribution in [1.29, 1.82) is 0 Å². The van der Waals surface area contributed by atoms with Crippen LogP contribution in [0.4, 0.5) is 17.6 Å². The van der Waals surface area contributed by atoms with Gasteiger partial charge in [-0.25, -0.2) is 4.39 Å². The topological polar surface area (TPSA) is 76.7 Å². The Kier molecular flexibility index (Phi) is 7.76. The lowest BCUT2D eigenvalue weighted by Crippen LogP contribution is -2.51. The Balaban J connectivity index is 1.27. The van der Waals surface area contributed by atoms with Gasteiger partial charge < -0.3 is 20.1 Å². The SMILES string of the molecule is COc1cc(F)c(OC2CCC(C(F)(F)F)CC2)cc1C(=O)N[C@@H]1[C@H]2CC[C@H](C2)[C@@H]1C(=O)NCC1(C)CCC1. The molecule has 5 rings (SSSR count). The summed E-state index contributed by atoms with van der Waals surface area (Å²) in [6, 6.07) is 2.00. The predicted octanol–water partition coefficient (Wildman–Crippen LogP) is 5.79. The van der Waals surface area contributed by atoms with E-state index in [4.69, 9.17) is 9.47 Å². The molecule has 0 heterocycles. The number of benzene rings is 1. The zero-order valence-electron chi connectivity index (χ0n) is 22.5. The van der Waals surface area contributed by atoms with E-state index in [1.165, 1.54) is 19.6 Å². The van der Waals surface area contributed by atoms with Gasteiger partial charge in [0.25, 0.3) is 5.91 Å². The number of hydrogen-bond donors (Lipinski definition) is 2. The molecule has 4 atom stereocenters. The molecule has 2 amide bonds. The number of carbonyl (C=O) groups is 2. The van der Waals surface area contributed by atoms with Gasteiger partial charge in [0.2, 0.25) is 5.91 Å². The van der Waals surface area contributed by atoms with Crippen molar-refractivity contribution in [2.24, 2.45) is 29.1 Å². The summed E-state index contributed by atoms with van der Waals surface area (Å²) in [5.41, 5.74) is 0.220. The number of methoxy groups -OCH3 is 1. The largest absolute Gasteiger partial charge is 0.496 e. The van der Waals surface area contributed by atoms with Crippen molar-refractivity contribution in [3.8, 4) is 11.5 Å². The smallest absolute Gasteiger partial charge is 0.391 e. The molecule has 4 saturated carbocycles. The second-order valence-electron chi connectivity index (χ2n) is 12.4. The van der Waals surface area contributed by atoms with Crippen LogP contribution in [-0.4, -0.2) is 43.8 Å². The van der Waals surface area contributed by atoms with E-state index in [0.29, 0.717) is 6.54 Å². The van der Waals surface area contributed by atoms with Crippen molar-refractivity contribution in [2.45, 2.75) is 89.5 Å². The molecule has 2 bridgehead atoms. The highest BCUT2D eigenvalue weighted by atomic mass is 19.4. The fourth-order valence-corrected chi connectivity index (χ4v) is 7.14. The minimum Gasteiger partial charge on any atom is -0.496 e. The van der Waals surface area contributed by atoms with Gasteiger partial charge in [0, 0.05) is 18.7 Å². The highest BCUT2D eigenvalue weighted by Gasteiger charge is 2.52. The van der Waals surface area contributed by atoms with Gasteiger partial charge in [-0.05, 0) is 81.1 Å².